The minimum atomic E-state index is -0.628. The zero-order valence-electron chi connectivity index (χ0n) is 13.0. The number of hydrogen-bond acceptors (Lipinski definition) is 2. The monoisotopic (exact) mass is 349 g/mol. The average Bonchev–Trinajstić information content (AvgIpc) is 2.98. The molecule has 2 heterocycles. The number of halogens is 2. The maximum Gasteiger partial charge on any atom is 0.258 e. The van der Waals surface area contributed by atoms with E-state index in [1.807, 2.05) is 0 Å². The number of nitrogens with one attached hydrogen (secondary N) is 1. The topological polar surface area (TPSA) is 56.4 Å². The quantitative estimate of drug-likeness (QED) is 0.906. The van der Waals surface area contributed by atoms with Gasteiger partial charge in [-0.05, 0) is 24.6 Å². The zero-order chi connectivity index (χ0) is 17.1. The number of aromatic amines is 1. The lowest BCUT2D eigenvalue weighted by Crippen LogP contribution is -2.37. The number of amides is 2. The molecule has 0 spiro atoms. The van der Waals surface area contributed by atoms with Crippen LogP contribution in [-0.4, -0.2) is 52.8 Å². The number of H-pyrrole nitrogens is 1. The molecule has 5 nitrogen and oxygen atoms in total. The molecule has 0 aliphatic carbocycles. The Labute approximate surface area is 144 Å². The fraction of sp³-hybridized carbons (Fsp3) is 0.294. The summed E-state index contributed by atoms with van der Waals surface area (Å²) in [6.45, 7) is 1.76. The van der Waals surface area contributed by atoms with Crippen LogP contribution in [0.2, 0.25) is 5.02 Å². The van der Waals surface area contributed by atoms with E-state index in [-0.39, 0.29) is 16.5 Å². The molecule has 7 heteroatoms. The van der Waals surface area contributed by atoms with Crippen LogP contribution in [0.1, 0.15) is 27.1 Å². The van der Waals surface area contributed by atoms with Gasteiger partial charge in [0.2, 0.25) is 0 Å². The molecule has 1 aliphatic heterocycles. The van der Waals surface area contributed by atoms with Gasteiger partial charge in [0.1, 0.15) is 5.82 Å². The molecular formula is C17H17ClFN3O2. The van der Waals surface area contributed by atoms with Crippen LogP contribution in [-0.2, 0) is 0 Å². The van der Waals surface area contributed by atoms with Crippen molar-refractivity contribution in [1.29, 1.82) is 0 Å². The van der Waals surface area contributed by atoms with Gasteiger partial charge < -0.3 is 14.8 Å². The highest BCUT2D eigenvalue weighted by atomic mass is 35.5. The maximum atomic E-state index is 13.9. The average molecular weight is 350 g/mol. The second kappa shape index (κ2) is 7.05. The van der Waals surface area contributed by atoms with Crippen molar-refractivity contribution < 1.29 is 14.0 Å². The Morgan fingerprint density at radius 1 is 1.04 bits per heavy atom. The Morgan fingerprint density at radius 3 is 2.38 bits per heavy atom. The largest absolute Gasteiger partial charge is 0.367 e. The third kappa shape index (κ3) is 3.28. The van der Waals surface area contributed by atoms with Crippen LogP contribution in [0.5, 0.6) is 0 Å². The summed E-state index contributed by atoms with van der Waals surface area (Å²) in [6, 6.07) is 5.90. The summed E-state index contributed by atoms with van der Waals surface area (Å²) in [4.78, 5) is 31.1. The molecule has 0 bridgehead atoms. The minimum Gasteiger partial charge on any atom is -0.367 e. The lowest BCUT2D eigenvalue weighted by atomic mass is 10.1. The summed E-state index contributed by atoms with van der Waals surface area (Å²) in [5.74, 6) is -1.14. The van der Waals surface area contributed by atoms with E-state index in [0.717, 1.165) is 0 Å². The molecule has 0 saturated carbocycles. The number of carbonyl (C=O) groups excluding carboxylic acids is 2. The highest BCUT2D eigenvalue weighted by Gasteiger charge is 2.26. The Bertz CT molecular complexity index is 728. The summed E-state index contributed by atoms with van der Waals surface area (Å²) in [5, 5.41) is 0.101. The highest BCUT2D eigenvalue weighted by Crippen LogP contribution is 2.21. The van der Waals surface area contributed by atoms with Crippen LogP contribution in [0.25, 0.3) is 0 Å². The minimum absolute atomic E-state index is 0.0746. The molecule has 126 valence electrons. The summed E-state index contributed by atoms with van der Waals surface area (Å²) in [5.41, 5.74) is 0.483. The van der Waals surface area contributed by atoms with Gasteiger partial charge >= 0.3 is 0 Å². The van der Waals surface area contributed by atoms with Gasteiger partial charge in [-0.1, -0.05) is 17.7 Å². The van der Waals surface area contributed by atoms with Crippen molar-refractivity contribution in [2.45, 2.75) is 6.42 Å². The predicted molar refractivity (Wildman–Crippen MR) is 88.6 cm³/mol. The number of nitrogens with zero attached hydrogens (tertiary/aromatic N) is 2. The summed E-state index contributed by atoms with van der Waals surface area (Å²) in [7, 11) is 0. The van der Waals surface area contributed by atoms with Crippen LogP contribution >= 0.6 is 11.6 Å². The van der Waals surface area contributed by atoms with Crippen molar-refractivity contribution in [2.75, 3.05) is 26.2 Å². The van der Waals surface area contributed by atoms with E-state index in [0.29, 0.717) is 38.2 Å². The number of benzene rings is 1. The first-order valence-electron chi connectivity index (χ1n) is 7.73. The molecule has 24 heavy (non-hydrogen) atoms. The zero-order valence-corrected chi connectivity index (χ0v) is 13.7. The van der Waals surface area contributed by atoms with E-state index < -0.39 is 11.7 Å². The number of rotatable bonds is 2. The molecule has 1 fully saturated rings. The molecule has 1 aromatic carbocycles. The summed E-state index contributed by atoms with van der Waals surface area (Å²) in [6.07, 6.45) is 3.98. The van der Waals surface area contributed by atoms with Crippen molar-refractivity contribution in [2.24, 2.45) is 0 Å². The van der Waals surface area contributed by atoms with Gasteiger partial charge in [0.05, 0.1) is 16.1 Å². The van der Waals surface area contributed by atoms with Crippen molar-refractivity contribution in [1.82, 2.24) is 14.8 Å². The van der Waals surface area contributed by atoms with Crippen molar-refractivity contribution in [3.05, 3.63) is 58.6 Å². The Hall–Kier alpha value is -2.34. The Balaban J connectivity index is 1.71. The molecule has 1 aromatic heterocycles. The molecule has 0 atom stereocenters. The molecule has 1 aliphatic rings. The van der Waals surface area contributed by atoms with Crippen LogP contribution < -0.4 is 0 Å². The second-order valence-corrected chi connectivity index (χ2v) is 6.04. The molecule has 2 amide bonds. The predicted octanol–water partition coefficient (Wildman–Crippen LogP) is 2.80. The van der Waals surface area contributed by atoms with E-state index in [1.54, 1.807) is 28.3 Å². The van der Waals surface area contributed by atoms with Crippen LogP contribution in [0, 0.1) is 5.82 Å². The molecule has 1 N–H and O–H groups in total. The fourth-order valence-electron chi connectivity index (χ4n) is 2.82. The number of hydrogen-bond donors (Lipinski definition) is 1. The third-order valence-corrected chi connectivity index (χ3v) is 4.41. The van der Waals surface area contributed by atoms with Crippen molar-refractivity contribution in [3.63, 3.8) is 0 Å². The summed E-state index contributed by atoms with van der Waals surface area (Å²) >= 11 is 5.98. The first-order valence-corrected chi connectivity index (χ1v) is 8.11. The lowest BCUT2D eigenvalue weighted by molar-refractivity contribution is 0.0716. The van der Waals surface area contributed by atoms with Crippen LogP contribution in [0.4, 0.5) is 4.39 Å². The lowest BCUT2D eigenvalue weighted by Gasteiger charge is -2.22. The van der Waals surface area contributed by atoms with Gasteiger partial charge in [-0.25, -0.2) is 4.39 Å². The highest BCUT2D eigenvalue weighted by molar-refractivity contribution is 6.33. The SMILES string of the molecule is O=C(c1cc[nH]c1)N1CCCN(C(=O)c2c(F)cccc2Cl)CC1. The second-order valence-electron chi connectivity index (χ2n) is 5.63. The summed E-state index contributed by atoms with van der Waals surface area (Å²) < 4.78 is 13.9. The van der Waals surface area contributed by atoms with E-state index >= 15 is 0 Å². The first-order chi connectivity index (χ1) is 11.6. The normalized spacial score (nSPS) is 15.2. The first kappa shape index (κ1) is 16.5. The van der Waals surface area contributed by atoms with Crippen LogP contribution in [0.3, 0.4) is 0 Å². The van der Waals surface area contributed by atoms with Crippen molar-refractivity contribution in [3.8, 4) is 0 Å². The Morgan fingerprint density at radius 2 is 1.75 bits per heavy atom. The molecule has 0 unspecified atom stereocenters. The molecule has 3 rings (SSSR count). The van der Waals surface area contributed by atoms with E-state index in [2.05, 4.69) is 4.98 Å². The van der Waals surface area contributed by atoms with Gasteiger partial charge in [0.15, 0.2) is 0 Å². The van der Waals surface area contributed by atoms with Gasteiger partial charge in [0.25, 0.3) is 11.8 Å². The van der Waals surface area contributed by atoms with E-state index in [9.17, 15) is 14.0 Å². The standard InChI is InChI=1S/C17H17ClFN3O2/c18-13-3-1-4-14(19)15(13)17(24)22-8-2-7-21(9-10-22)16(23)12-5-6-20-11-12/h1,3-6,11,20H,2,7-10H2. The van der Waals surface area contributed by atoms with Crippen molar-refractivity contribution >= 4 is 23.4 Å². The molecule has 1 saturated heterocycles. The number of aromatic nitrogens is 1. The smallest absolute Gasteiger partial charge is 0.258 e. The van der Waals surface area contributed by atoms with Gasteiger partial charge in [-0.2, -0.15) is 0 Å². The molecule has 2 aromatic rings. The van der Waals surface area contributed by atoms with Gasteiger partial charge in [-0.15, -0.1) is 0 Å². The molecular weight excluding hydrogens is 333 g/mol. The Kier molecular flexibility index (Phi) is 4.85. The fourth-order valence-corrected chi connectivity index (χ4v) is 3.07. The number of carbonyl (C=O) groups is 2. The van der Waals surface area contributed by atoms with Gasteiger partial charge in [0, 0.05) is 38.6 Å². The van der Waals surface area contributed by atoms with E-state index in [1.165, 1.54) is 18.2 Å². The van der Waals surface area contributed by atoms with Gasteiger partial charge in [-0.3, -0.25) is 9.59 Å². The molecule has 0 radical (unpaired) electrons. The third-order valence-electron chi connectivity index (χ3n) is 4.09. The van der Waals surface area contributed by atoms with Crippen LogP contribution in [0.15, 0.2) is 36.7 Å². The maximum absolute atomic E-state index is 13.9. The van der Waals surface area contributed by atoms with E-state index in [4.69, 9.17) is 11.6 Å².